The van der Waals surface area contributed by atoms with E-state index in [1.165, 1.54) is 94.6 Å². The minimum atomic E-state index is 0.518. The number of phenolic OH excluding ortho intramolecular Hbond substituents is 1. The fourth-order valence-electron chi connectivity index (χ4n) is 3.50. The average Bonchev–Trinajstić information content (AvgIpc) is 2.59. The van der Waals surface area contributed by atoms with E-state index in [2.05, 4.69) is 19.9 Å². The maximum atomic E-state index is 10.2. The molecule has 0 fully saturated rings. The number of rotatable bonds is 15. The molecule has 138 valence electrons. The van der Waals surface area contributed by atoms with E-state index in [1.807, 2.05) is 12.1 Å². The third-order valence-corrected chi connectivity index (χ3v) is 5.08. The molecule has 24 heavy (non-hydrogen) atoms. The lowest BCUT2D eigenvalue weighted by Gasteiger charge is -2.12. The highest BCUT2D eigenvalue weighted by atomic mass is 16.3. The SMILES string of the molecule is CCCCCCCCCc1c(O)cccc1CCCCCCCC. The van der Waals surface area contributed by atoms with Crippen LogP contribution in [-0.2, 0) is 12.8 Å². The lowest BCUT2D eigenvalue weighted by atomic mass is 9.95. The van der Waals surface area contributed by atoms with Gasteiger partial charge in [-0.3, -0.25) is 0 Å². The molecule has 0 unspecified atom stereocenters. The van der Waals surface area contributed by atoms with Crippen LogP contribution in [0.15, 0.2) is 18.2 Å². The van der Waals surface area contributed by atoms with Crippen molar-refractivity contribution < 1.29 is 5.11 Å². The lowest BCUT2D eigenvalue weighted by molar-refractivity contribution is 0.464. The molecule has 0 saturated carbocycles. The second kappa shape index (κ2) is 14.4. The molecule has 1 rings (SSSR count). The van der Waals surface area contributed by atoms with Gasteiger partial charge in [-0.1, -0.05) is 96.6 Å². The van der Waals surface area contributed by atoms with E-state index in [0.29, 0.717) is 5.75 Å². The van der Waals surface area contributed by atoms with Crippen LogP contribution < -0.4 is 0 Å². The molecule has 1 N–H and O–H groups in total. The van der Waals surface area contributed by atoms with Crippen molar-refractivity contribution in [2.24, 2.45) is 0 Å². The fourth-order valence-corrected chi connectivity index (χ4v) is 3.50. The van der Waals surface area contributed by atoms with Gasteiger partial charge in [0, 0.05) is 0 Å². The summed E-state index contributed by atoms with van der Waals surface area (Å²) < 4.78 is 0. The Morgan fingerprint density at radius 1 is 0.625 bits per heavy atom. The molecule has 1 aromatic rings. The van der Waals surface area contributed by atoms with E-state index in [-0.39, 0.29) is 0 Å². The van der Waals surface area contributed by atoms with Gasteiger partial charge in [0.05, 0.1) is 0 Å². The topological polar surface area (TPSA) is 20.2 Å². The maximum Gasteiger partial charge on any atom is 0.119 e. The van der Waals surface area contributed by atoms with Crippen molar-refractivity contribution in [1.29, 1.82) is 0 Å². The first-order valence-corrected chi connectivity index (χ1v) is 10.6. The Morgan fingerprint density at radius 3 is 1.71 bits per heavy atom. The Morgan fingerprint density at radius 2 is 1.12 bits per heavy atom. The zero-order valence-corrected chi connectivity index (χ0v) is 16.3. The summed E-state index contributed by atoms with van der Waals surface area (Å²) in [5, 5.41) is 10.2. The van der Waals surface area contributed by atoms with Crippen LogP contribution in [-0.4, -0.2) is 5.11 Å². The highest BCUT2D eigenvalue weighted by Gasteiger charge is 2.07. The molecular formula is C23H40O. The van der Waals surface area contributed by atoms with Gasteiger partial charge >= 0.3 is 0 Å². The molecule has 0 atom stereocenters. The van der Waals surface area contributed by atoms with Crippen molar-refractivity contribution in [2.75, 3.05) is 0 Å². The van der Waals surface area contributed by atoms with Gasteiger partial charge in [-0.05, 0) is 42.9 Å². The van der Waals surface area contributed by atoms with Crippen LogP contribution >= 0.6 is 0 Å². The van der Waals surface area contributed by atoms with E-state index in [0.717, 1.165) is 12.8 Å². The van der Waals surface area contributed by atoms with Crippen molar-refractivity contribution >= 4 is 0 Å². The van der Waals surface area contributed by atoms with E-state index < -0.39 is 0 Å². The summed E-state index contributed by atoms with van der Waals surface area (Å²) in [6, 6.07) is 6.10. The lowest BCUT2D eigenvalue weighted by Crippen LogP contribution is -1.96. The predicted octanol–water partition coefficient (Wildman–Crippen LogP) is 7.59. The van der Waals surface area contributed by atoms with Crippen molar-refractivity contribution in [3.8, 4) is 5.75 Å². The molecule has 0 heterocycles. The molecule has 1 nitrogen and oxygen atoms in total. The molecule has 0 aliphatic carbocycles. The summed E-state index contributed by atoms with van der Waals surface area (Å²) in [4.78, 5) is 0. The quantitative estimate of drug-likeness (QED) is 0.328. The van der Waals surface area contributed by atoms with Gasteiger partial charge in [0.15, 0.2) is 0 Å². The van der Waals surface area contributed by atoms with Crippen LogP contribution in [0.25, 0.3) is 0 Å². The van der Waals surface area contributed by atoms with Crippen molar-refractivity contribution in [3.63, 3.8) is 0 Å². The number of unbranched alkanes of at least 4 members (excludes halogenated alkanes) is 11. The van der Waals surface area contributed by atoms with Gasteiger partial charge in [-0.2, -0.15) is 0 Å². The smallest absolute Gasteiger partial charge is 0.119 e. The number of hydrogen-bond donors (Lipinski definition) is 1. The monoisotopic (exact) mass is 332 g/mol. The van der Waals surface area contributed by atoms with Crippen LogP contribution in [0, 0.1) is 0 Å². The van der Waals surface area contributed by atoms with Crippen molar-refractivity contribution in [2.45, 2.75) is 110 Å². The Kier molecular flexibility index (Phi) is 12.6. The zero-order valence-electron chi connectivity index (χ0n) is 16.3. The highest BCUT2D eigenvalue weighted by molar-refractivity contribution is 5.39. The fraction of sp³-hybridized carbons (Fsp3) is 0.739. The molecule has 0 amide bonds. The van der Waals surface area contributed by atoms with Gasteiger partial charge in [0.2, 0.25) is 0 Å². The van der Waals surface area contributed by atoms with Crippen molar-refractivity contribution in [1.82, 2.24) is 0 Å². The van der Waals surface area contributed by atoms with Crippen molar-refractivity contribution in [3.05, 3.63) is 29.3 Å². The minimum Gasteiger partial charge on any atom is -0.508 e. The van der Waals surface area contributed by atoms with Crippen LogP contribution in [0.4, 0.5) is 0 Å². The summed E-state index contributed by atoms with van der Waals surface area (Å²) >= 11 is 0. The standard InChI is InChI=1S/C23H40O/c1-3-5-7-9-11-13-15-19-22-21(18-16-20-23(22)24)17-14-12-10-8-6-4-2/h16,18,20,24H,3-15,17,19H2,1-2H3. The number of aromatic hydroxyl groups is 1. The molecule has 0 bridgehead atoms. The summed E-state index contributed by atoms with van der Waals surface area (Å²) in [6.07, 6.45) is 19.5. The van der Waals surface area contributed by atoms with E-state index in [9.17, 15) is 5.11 Å². The second-order valence-corrected chi connectivity index (χ2v) is 7.30. The van der Waals surface area contributed by atoms with Crippen LogP contribution in [0.1, 0.15) is 108 Å². The molecule has 0 aliphatic rings. The van der Waals surface area contributed by atoms with Gasteiger partial charge < -0.3 is 5.11 Å². The van der Waals surface area contributed by atoms with E-state index >= 15 is 0 Å². The first-order valence-electron chi connectivity index (χ1n) is 10.6. The Bertz CT molecular complexity index is 410. The number of benzene rings is 1. The summed E-state index contributed by atoms with van der Waals surface area (Å²) in [5.41, 5.74) is 2.61. The molecule has 1 aromatic carbocycles. The molecule has 0 radical (unpaired) electrons. The van der Waals surface area contributed by atoms with E-state index in [4.69, 9.17) is 0 Å². The summed E-state index contributed by atoms with van der Waals surface area (Å²) in [7, 11) is 0. The Balaban J connectivity index is 2.29. The second-order valence-electron chi connectivity index (χ2n) is 7.30. The van der Waals surface area contributed by atoms with Gasteiger partial charge in [0.25, 0.3) is 0 Å². The predicted molar refractivity (Wildman–Crippen MR) is 107 cm³/mol. The molecule has 0 aromatic heterocycles. The molecule has 1 heteroatoms. The van der Waals surface area contributed by atoms with E-state index in [1.54, 1.807) is 0 Å². The minimum absolute atomic E-state index is 0.518. The molecule has 0 saturated heterocycles. The average molecular weight is 333 g/mol. The largest absolute Gasteiger partial charge is 0.508 e. The van der Waals surface area contributed by atoms with Crippen LogP contribution in [0.5, 0.6) is 5.75 Å². The molecule has 0 aliphatic heterocycles. The maximum absolute atomic E-state index is 10.2. The number of phenols is 1. The van der Waals surface area contributed by atoms with Gasteiger partial charge in [-0.15, -0.1) is 0 Å². The Hall–Kier alpha value is -0.980. The number of aryl methyl sites for hydroxylation is 1. The summed E-state index contributed by atoms with van der Waals surface area (Å²) in [5.74, 6) is 0.518. The zero-order chi connectivity index (χ0) is 17.5. The normalized spacial score (nSPS) is 11.1. The number of hydrogen-bond acceptors (Lipinski definition) is 1. The van der Waals surface area contributed by atoms with Crippen LogP contribution in [0.3, 0.4) is 0 Å². The Labute approximate surface area is 150 Å². The first kappa shape index (κ1) is 21.1. The van der Waals surface area contributed by atoms with Crippen LogP contribution in [0.2, 0.25) is 0 Å². The third-order valence-electron chi connectivity index (χ3n) is 5.08. The van der Waals surface area contributed by atoms with Gasteiger partial charge in [-0.25, -0.2) is 0 Å². The third kappa shape index (κ3) is 9.35. The van der Waals surface area contributed by atoms with Gasteiger partial charge in [0.1, 0.15) is 5.75 Å². The molecule has 0 spiro atoms. The molecular weight excluding hydrogens is 292 g/mol. The summed E-state index contributed by atoms with van der Waals surface area (Å²) in [6.45, 7) is 4.53. The highest BCUT2D eigenvalue weighted by Crippen LogP contribution is 2.25. The first-order chi connectivity index (χ1) is 11.8.